The smallest absolute Gasteiger partial charge is 0.162 e. The Bertz CT molecular complexity index is 575. The first kappa shape index (κ1) is 19.1. The predicted molar refractivity (Wildman–Crippen MR) is 94.9 cm³/mol. The van der Waals surface area contributed by atoms with Gasteiger partial charge in [0.15, 0.2) is 11.5 Å². The summed E-state index contributed by atoms with van der Waals surface area (Å²) in [5.41, 5.74) is 0.773. The summed E-state index contributed by atoms with van der Waals surface area (Å²) in [7, 11) is 0. The van der Waals surface area contributed by atoms with Crippen LogP contribution in [0.4, 0.5) is 0 Å². The minimum Gasteiger partial charge on any atom is -0.504 e. The first-order valence-corrected chi connectivity index (χ1v) is 7.64. The summed E-state index contributed by atoms with van der Waals surface area (Å²) in [5.74, 6) is -0.0661. The van der Waals surface area contributed by atoms with Gasteiger partial charge in [0.25, 0.3) is 0 Å². The lowest BCUT2D eigenvalue weighted by molar-refractivity contribution is 0.197. The standard InChI is InChI=1S/C15H18N2O2S.2ClH/c18-12-4-1-3-11(15(12)19)14(13-5-2-10-20-13)17-8-6-16-7-9-17;;/h1-5,10,14,16,18-19H,6-9H2;2*1H/t14-;;/m1../s1. The molecule has 2 aromatic rings. The zero-order valence-corrected chi connectivity index (χ0v) is 14.4. The lowest BCUT2D eigenvalue weighted by atomic mass is 10.0. The molecule has 0 bridgehead atoms. The highest BCUT2D eigenvalue weighted by atomic mass is 35.5. The summed E-state index contributed by atoms with van der Waals surface area (Å²) in [5, 5.41) is 25.4. The summed E-state index contributed by atoms with van der Waals surface area (Å²) in [6.45, 7) is 3.75. The van der Waals surface area contributed by atoms with E-state index < -0.39 is 0 Å². The highest BCUT2D eigenvalue weighted by Crippen LogP contribution is 2.40. The molecule has 1 aliphatic rings. The number of benzene rings is 1. The van der Waals surface area contributed by atoms with Gasteiger partial charge in [0, 0.05) is 36.6 Å². The molecule has 3 N–H and O–H groups in total. The molecule has 1 atom stereocenters. The van der Waals surface area contributed by atoms with Crippen molar-refractivity contribution < 1.29 is 10.2 Å². The van der Waals surface area contributed by atoms with Crippen molar-refractivity contribution in [3.05, 3.63) is 46.2 Å². The van der Waals surface area contributed by atoms with Gasteiger partial charge in [-0.2, -0.15) is 0 Å². The summed E-state index contributed by atoms with van der Waals surface area (Å²) >= 11 is 1.68. The lowest BCUT2D eigenvalue weighted by Crippen LogP contribution is -2.45. The quantitative estimate of drug-likeness (QED) is 0.734. The molecule has 1 aromatic carbocycles. The van der Waals surface area contributed by atoms with Crippen LogP contribution >= 0.6 is 36.2 Å². The van der Waals surface area contributed by atoms with Crippen molar-refractivity contribution in [1.82, 2.24) is 10.2 Å². The molecule has 0 aliphatic carbocycles. The Morgan fingerprint density at radius 1 is 1.05 bits per heavy atom. The molecule has 0 radical (unpaired) electrons. The zero-order chi connectivity index (χ0) is 13.9. The molecule has 3 rings (SSSR count). The van der Waals surface area contributed by atoms with Gasteiger partial charge in [-0.05, 0) is 17.5 Å². The highest BCUT2D eigenvalue weighted by molar-refractivity contribution is 7.10. The van der Waals surface area contributed by atoms with Crippen molar-refractivity contribution in [1.29, 1.82) is 0 Å². The Labute approximate surface area is 146 Å². The number of nitrogens with one attached hydrogen (secondary N) is 1. The predicted octanol–water partition coefficient (Wildman–Crippen LogP) is 3.00. The zero-order valence-electron chi connectivity index (χ0n) is 11.9. The van der Waals surface area contributed by atoms with Crippen LogP contribution in [0.2, 0.25) is 0 Å². The van der Waals surface area contributed by atoms with Gasteiger partial charge in [-0.3, -0.25) is 4.90 Å². The molecule has 22 heavy (non-hydrogen) atoms. The van der Waals surface area contributed by atoms with Crippen LogP contribution < -0.4 is 5.32 Å². The van der Waals surface area contributed by atoms with Crippen molar-refractivity contribution in [2.24, 2.45) is 0 Å². The van der Waals surface area contributed by atoms with E-state index in [1.807, 2.05) is 17.5 Å². The van der Waals surface area contributed by atoms with E-state index in [0.29, 0.717) is 0 Å². The minimum absolute atomic E-state index is 0. The Morgan fingerprint density at radius 2 is 1.77 bits per heavy atom. The van der Waals surface area contributed by atoms with E-state index in [2.05, 4.69) is 16.3 Å². The van der Waals surface area contributed by atoms with Gasteiger partial charge in [0.1, 0.15) is 0 Å². The van der Waals surface area contributed by atoms with Gasteiger partial charge < -0.3 is 15.5 Å². The number of piperazine rings is 1. The molecule has 0 unspecified atom stereocenters. The van der Waals surface area contributed by atoms with Crippen LogP contribution in [0.15, 0.2) is 35.7 Å². The van der Waals surface area contributed by atoms with Gasteiger partial charge in [0.05, 0.1) is 6.04 Å². The van der Waals surface area contributed by atoms with Gasteiger partial charge in [-0.1, -0.05) is 18.2 Å². The van der Waals surface area contributed by atoms with Crippen molar-refractivity contribution in [2.75, 3.05) is 26.2 Å². The second-order valence-electron chi connectivity index (χ2n) is 4.92. The van der Waals surface area contributed by atoms with Gasteiger partial charge in [-0.25, -0.2) is 0 Å². The van der Waals surface area contributed by atoms with Crippen LogP contribution in [0, 0.1) is 0 Å². The average molecular weight is 363 g/mol. The SMILES string of the molecule is Cl.Cl.Oc1cccc([C@H](c2cccs2)N2CCNCC2)c1O. The van der Waals surface area contributed by atoms with Crippen LogP contribution in [-0.4, -0.2) is 41.3 Å². The molecule has 1 aromatic heterocycles. The number of hydrogen-bond donors (Lipinski definition) is 3. The molecule has 4 nitrogen and oxygen atoms in total. The largest absolute Gasteiger partial charge is 0.504 e. The molecule has 1 aliphatic heterocycles. The van der Waals surface area contributed by atoms with Crippen LogP contribution in [0.25, 0.3) is 0 Å². The normalized spacial score (nSPS) is 16.4. The number of phenolic OH excluding ortho intramolecular Hbond substituents is 2. The summed E-state index contributed by atoms with van der Waals surface area (Å²) < 4.78 is 0. The number of aromatic hydroxyl groups is 2. The van der Waals surface area contributed by atoms with E-state index in [1.54, 1.807) is 17.4 Å². The Morgan fingerprint density at radius 3 is 2.41 bits per heavy atom. The fourth-order valence-electron chi connectivity index (χ4n) is 2.69. The number of nitrogens with zero attached hydrogens (tertiary/aromatic N) is 1. The first-order valence-electron chi connectivity index (χ1n) is 6.76. The van der Waals surface area contributed by atoms with Crippen molar-refractivity contribution in [3.63, 3.8) is 0 Å². The van der Waals surface area contributed by atoms with E-state index in [-0.39, 0.29) is 42.4 Å². The number of para-hydroxylation sites is 1. The van der Waals surface area contributed by atoms with Gasteiger partial charge in [-0.15, -0.1) is 36.2 Å². The fourth-order valence-corrected chi connectivity index (χ4v) is 3.56. The van der Waals surface area contributed by atoms with Gasteiger partial charge >= 0.3 is 0 Å². The second kappa shape index (κ2) is 8.60. The molecular formula is C15H20Cl2N2O2S. The number of phenols is 2. The molecule has 0 amide bonds. The number of thiophene rings is 1. The average Bonchev–Trinajstić information content (AvgIpc) is 2.99. The maximum atomic E-state index is 10.2. The summed E-state index contributed by atoms with van der Waals surface area (Å²) in [4.78, 5) is 3.53. The Kier molecular flexibility index (Phi) is 7.45. The van der Waals surface area contributed by atoms with Crippen molar-refractivity contribution in [3.8, 4) is 11.5 Å². The molecular weight excluding hydrogens is 343 g/mol. The molecule has 122 valence electrons. The highest BCUT2D eigenvalue weighted by Gasteiger charge is 2.27. The summed E-state index contributed by atoms with van der Waals surface area (Å²) in [6, 6.07) is 9.30. The van der Waals surface area contributed by atoms with E-state index >= 15 is 0 Å². The molecule has 0 spiro atoms. The minimum atomic E-state index is -0.0563. The Balaban J connectivity index is 0.00000121. The van der Waals surface area contributed by atoms with E-state index in [0.717, 1.165) is 31.7 Å². The topological polar surface area (TPSA) is 55.7 Å². The third-order valence-electron chi connectivity index (χ3n) is 3.67. The van der Waals surface area contributed by atoms with Crippen LogP contribution in [0.1, 0.15) is 16.5 Å². The monoisotopic (exact) mass is 362 g/mol. The van der Waals surface area contributed by atoms with Crippen LogP contribution in [0.3, 0.4) is 0 Å². The molecule has 2 heterocycles. The molecule has 1 saturated heterocycles. The fraction of sp³-hybridized carbons (Fsp3) is 0.333. The second-order valence-corrected chi connectivity index (χ2v) is 5.90. The van der Waals surface area contributed by atoms with Crippen molar-refractivity contribution in [2.45, 2.75) is 6.04 Å². The van der Waals surface area contributed by atoms with E-state index in [1.165, 1.54) is 10.9 Å². The van der Waals surface area contributed by atoms with Crippen LogP contribution in [0.5, 0.6) is 11.5 Å². The van der Waals surface area contributed by atoms with Crippen molar-refractivity contribution >= 4 is 36.2 Å². The lowest BCUT2D eigenvalue weighted by Gasteiger charge is -2.35. The number of rotatable bonds is 3. The maximum absolute atomic E-state index is 10.2. The molecule has 0 saturated carbocycles. The molecule has 7 heteroatoms. The first-order chi connectivity index (χ1) is 9.77. The third-order valence-corrected chi connectivity index (χ3v) is 4.59. The Hall–Kier alpha value is -0.980. The third kappa shape index (κ3) is 3.86. The number of halogens is 2. The maximum Gasteiger partial charge on any atom is 0.162 e. The number of hydrogen-bond acceptors (Lipinski definition) is 5. The van der Waals surface area contributed by atoms with Gasteiger partial charge in [0.2, 0.25) is 0 Å². The summed E-state index contributed by atoms with van der Waals surface area (Å²) in [6.07, 6.45) is 0. The van der Waals surface area contributed by atoms with E-state index in [9.17, 15) is 10.2 Å². The van der Waals surface area contributed by atoms with Crippen LogP contribution in [-0.2, 0) is 0 Å². The molecule has 1 fully saturated rings. The van der Waals surface area contributed by atoms with E-state index in [4.69, 9.17) is 0 Å².